The third kappa shape index (κ3) is 2.27. The molecular weight excluding hydrogens is 411 g/mol. The molecule has 6 rings (SSSR count). The third-order valence-corrected chi connectivity index (χ3v) is 7.73. The zero-order valence-corrected chi connectivity index (χ0v) is 17.4. The van der Waals surface area contributed by atoms with Gasteiger partial charge in [-0.05, 0) is 57.6 Å². The quantitative estimate of drug-likeness (QED) is 0.341. The predicted molar refractivity (Wildman–Crippen MR) is 121 cm³/mol. The Morgan fingerprint density at radius 3 is 2.37 bits per heavy atom. The molecule has 4 aromatic rings. The molecule has 0 saturated carbocycles. The van der Waals surface area contributed by atoms with Gasteiger partial charge in [0.25, 0.3) is 0 Å². The highest BCUT2D eigenvalue weighted by Crippen LogP contribution is 2.63. The lowest BCUT2D eigenvalue weighted by atomic mass is 9.67. The van der Waals surface area contributed by atoms with Crippen molar-refractivity contribution in [2.75, 3.05) is 0 Å². The van der Waals surface area contributed by atoms with Gasteiger partial charge in [-0.15, -0.1) is 0 Å². The number of hydrogen-bond acceptors (Lipinski definition) is 3. The number of halogens is 1. The molecule has 0 amide bonds. The van der Waals surface area contributed by atoms with Crippen LogP contribution in [-0.2, 0) is 5.41 Å². The maximum atomic E-state index is 9.23. The summed E-state index contributed by atoms with van der Waals surface area (Å²) in [5, 5.41) is 9.99. The molecule has 1 aliphatic heterocycles. The topological polar surface area (TPSA) is 29.5 Å². The van der Waals surface area contributed by atoms with E-state index >= 15 is 0 Å². The SMILES string of the molecule is O[B]Oc1ccc2c(c1)C1(c3ccccc3Sc3c(Cl)cccc31)c1ccccc1-2. The summed E-state index contributed by atoms with van der Waals surface area (Å²) in [6.45, 7) is 0. The van der Waals surface area contributed by atoms with Crippen molar-refractivity contribution < 1.29 is 9.68 Å². The summed E-state index contributed by atoms with van der Waals surface area (Å²) < 4.78 is 5.36. The normalized spacial score (nSPS) is 17.7. The van der Waals surface area contributed by atoms with Crippen LogP contribution >= 0.6 is 23.4 Å². The Labute approximate surface area is 184 Å². The van der Waals surface area contributed by atoms with Gasteiger partial charge in [-0.25, -0.2) is 0 Å². The number of fused-ring (bicyclic) bond motifs is 9. The van der Waals surface area contributed by atoms with E-state index in [2.05, 4.69) is 60.7 Å². The maximum Gasteiger partial charge on any atom is 0.569 e. The van der Waals surface area contributed by atoms with E-state index in [0.717, 1.165) is 23.2 Å². The molecule has 0 fully saturated rings. The van der Waals surface area contributed by atoms with Crippen molar-refractivity contribution in [3.05, 3.63) is 112 Å². The van der Waals surface area contributed by atoms with Gasteiger partial charge in [-0.1, -0.05) is 84.0 Å². The van der Waals surface area contributed by atoms with Crippen LogP contribution in [0.5, 0.6) is 5.75 Å². The van der Waals surface area contributed by atoms with E-state index in [1.165, 1.54) is 32.7 Å². The van der Waals surface area contributed by atoms with Crippen molar-refractivity contribution in [1.82, 2.24) is 0 Å². The predicted octanol–water partition coefficient (Wildman–Crippen LogP) is 6.07. The Morgan fingerprint density at radius 1 is 0.767 bits per heavy atom. The van der Waals surface area contributed by atoms with E-state index in [1.54, 1.807) is 11.8 Å². The standard InChI is InChI=1S/C25H15BClO2S/c27-22-10-5-9-20-24(22)30-23-11-4-3-8-19(23)25(20)18-7-2-1-6-16(18)17-13-12-15(29-26-28)14-21(17)25/h1-14,28H. The fraction of sp³-hybridized carbons (Fsp3) is 0.0400. The Kier molecular flexibility index (Phi) is 4.04. The van der Waals surface area contributed by atoms with Gasteiger partial charge >= 0.3 is 7.69 Å². The number of hydrogen-bond donors (Lipinski definition) is 1. The lowest BCUT2D eigenvalue weighted by Gasteiger charge is -2.40. The first-order chi connectivity index (χ1) is 14.7. The molecule has 4 aromatic carbocycles. The molecule has 1 aliphatic carbocycles. The Balaban J connectivity index is 1.81. The van der Waals surface area contributed by atoms with E-state index in [1.807, 2.05) is 24.3 Å². The van der Waals surface area contributed by atoms with Gasteiger partial charge < -0.3 is 9.68 Å². The van der Waals surface area contributed by atoms with Crippen LogP contribution in [0.2, 0.25) is 5.02 Å². The minimum atomic E-state index is -0.497. The molecule has 1 heterocycles. The lowest BCUT2D eigenvalue weighted by molar-refractivity contribution is 0.453. The van der Waals surface area contributed by atoms with Crippen LogP contribution in [0, 0.1) is 0 Å². The first-order valence-corrected chi connectivity index (χ1v) is 10.9. The lowest BCUT2D eigenvalue weighted by Crippen LogP contribution is -2.32. The molecule has 0 aromatic heterocycles. The van der Waals surface area contributed by atoms with Gasteiger partial charge in [0, 0.05) is 9.79 Å². The van der Waals surface area contributed by atoms with Crippen LogP contribution in [-0.4, -0.2) is 12.7 Å². The monoisotopic (exact) mass is 425 g/mol. The molecule has 0 saturated heterocycles. The molecule has 5 heteroatoms. The second-order valence-corrected chi connectivity index (χ2v) is 8.90. The van der Waals surface area contributed by atoms with E-state index in [-0.39, 0.29) is 0 Å². The summed E-state index contributed by atoms with van der Waals surface area (Å²) in [5.74, 6) is 0.600. The average Bonchev–Trinajstić information content (AvgIpc) is 3.06. The van der Waals surface area contributed by atoms with Gasteiger partial charge in [-0.2, -0.15) is 0 Å². The smallest absolute Gasteiger partial charge is 0.537 e. The Bertz CT molecular complexity index is 1320. The second kappa shape index (κ2) is 6.68. The molecule has 1 radical (unpaired) electrons. The van der Waals surface area contributed by atoms with Gasteiger partial charge in [0.1, 0.15) is 5.75 Å². The highest BCUT2D eigenvalue weighted by Gasteiger charge is 2.50. The van der Waals surface area contributed by atoms with Crippen LogP contribution < -0.4 is 4.65 Å². The van der Waals surface area contributed by atoms with E-state index in [4.69, 9.17) is 16.3 Å². The second-order valence-electron chi connectivity index (χ2n) is 7.44. The largest absolute Gasteiger partial charge is 0.569 e. The fourth-order valence-corrected chi connectivity index (χ4v) is 6.49. The van der Waals surface area contributed by atoms with Gasteiger partial charge in [-0.3, -0.25) is 0 Å². The highest BCUT2D eigenvalue weighted by molar-refractivity contribution is 7.99. The van der Waals surface area contributed by atoms with Crippen molar-refractivity contribution in [1.29, 1.82) is 0 Å². The first kappa shape index (κ1) is 18.1. The molecule has 30 heavy (non-hydrogen) atoms. The van der Waals surface area contributed by atoms with Gasteiger partial charge in [0.15, 0.2) is 0 Å². The Morgan fingerprint density at radius 2 is 1.50 bits per heavy atom. The highest BCUT2D eigenvalue weighted by atomic mass is 35.5. The first-order valence-electron chi connectivity index (χ1n) is 9.68. The van der Waals surface area contributed by atoms with E-state index in [9.17, 15) is 5.02 Å². The summed E-state index contributed by atoms with van der Waals surface area (Å²) in [4.78, 5) is 2.28. The number of benzene rings is 4. The zero-order chi connectivity index (χ0) is 20.3. The van der Waals surface area contributed by atoms with Crippen LogP contribution in [0.15, 0.2) is 94.7 Å². The summed E-state index contributed by atoms with van der Waals surface area (Å²) in [6.07, 6.45) is 0. The van der Waals surface area contributed by atoms with Crippen molar-refractivity contribution in [2.45, 2.75) is 15.2 Å². The molecule has 1 N–H and O–H groups in total. The van der Waals surface area contributed by atoms with E-state index < -0.39 is 5.41 Å². The van der Waals surface area contributed by atoms with Crippen LogP contribution in [0.3, 0.4) is 0 Å². The van der Waals surface area contributed by atoms with E-state index in [0.29, 0.717) is 5.75 Å². The molecule has 143 valence electrons. The molecule has 0 bridgehead atoms. The average molecular weight is 426 g/mol. The minimum absolute atomic E-state index is 0.497. The fourth-order valence-electron chi connectivity index (χ4n) is 5.00. The zero-order valence-electron chi connectivity index (χ0n) is 15.8. The van der Waals surface area contributed by atoms with Crippen molar-refractivity contribution in [3.63, 3.8) is 0 Å². The van der Waals surface area contributed by atoms with Gasteiger partial charge in [0.2, 0.25) is 0 Å². The number of rotatable bonds is 2. The van der Waals surface area contributed by atoms with Crippen LogP contribution in [0.25, 0.3) is 11.1 Å². The maximum absolute atomic E-state index is 9.23. The minimum Gasteiger partial charge on any atom is -0.537 e. The van der Waals surface area contributed by atoms with Crippen LogP contribution in [0.4, 0.5) is 0 Å². The molecule has 1 spiro atoms. The Hall–Kier alpha value is -2.66. The van der Waals surface area contributed by atoms with Crippen molar-refractivity contribution >= 4 is 31.0 Å². The van der Waals surface area contributed by atoms with Crippen molar-refractivity contribution in [3.8, 4) is 16.9 Å². The third-order valence-electron chi connectivity index (χ3n) is 6.08. The van der Waals surface area contributed by atoms with Crippen molar-refractivity contribution in [2.24, 2.45) is 0 Å². The van der Waals surface area contributed by atoms with Crippen LogP contribution in [0.1, 0.15) is 22.3 Å². The summed E-state index contributed by atoms with van der Waals surface area (Å²) in [5.41, 5.74) is 6.67. The summed E-state index contributed by atoms with van der Waals surface area (Å²) in [6, 6.07) is 29.3. The summed E-state index contributed by atoms with van der Waals surface area (Å²) in [7, 11) is 0.728. The molecule has 2 nitrogen and oxygen atoms in total. The molecular formula is C25H15BClO2S. The molecule has 2 aliphatic rings. The van der Waals surface area contributed by atoms with Gasteiger partial charge in [0.05, 0.1) is 10.4 Å². The molecule has 1 atom stereocenters. The summed E-state index contributed by atoms with van der Waals surface area (Å²) >= 11 is 8.45. The molecule has 1 unspecified atom stereocenters.